The molecule has 2 aromatic rings. The maximum absolute atomic E-state index is 13.9. The zero-order valence-corrected chi connectivity index (χ0v) is 16.7. The number of hydrogen-bond acceptors (Lipinski definition) is 2. The van der Waals surface area contributed by atoms with Crippen LogP contribution in [0.3, 0.4) is 0 Å². The van der Waals surface area contributed by atoms with Crippen molar-refractivity contribution in [2.24, 2.45) is 0 Å². The van der Waals surface area contributed by atoms with Gasteiger partial charge in [0, 0.05) is 17.0 Å². The summed E-state index contributed by atoms with van der Waals surface area (Å²) in [5.41, 5.74) is -0.431. The Kier molecular flexibility index (Phi) is 6.26. The summed E-state index contributed by atoms with van der Waals surface area (Å²) in [5, 5.41) is 3.00. The van der Waals surface area contributed by atoms with E-state index in [4.69, 9.17) is 16.3 Å². The van der Waals surface area contributed by atoms with E-state index in [1.54, 1.807) is 13.0 Å². The molecular weight excluding hydrogens is 429 g/mol. The van der Waals surface area contributed by atoms with E-state index in [-0.39, 0.29) is 22.8 Å². The van der Waals surface area contributed by atoms with Crippen molar-refractivity contribution in [3.63, 3.8) is 0 Å². The Balaban J connectivity index is 1.71. The predicted molar refractivity (Wildman–Crippen MR) is 101 cm³/mol. The molecule has 0 aromatic heterocycles. The zero-order valence-electron chi connectivity index (χ0n) is 16.0. The lowest BCUT2D eigenvalue weighted by Crippen LogP contribution is -2.35. The van der Waals surface area contributed by atoms with E-state index in [0.29, 0.717) is 18.4 Å². The van der Waals surface area contributed by atoms with E-state index in [0.717, 1.165) is 12.1 Å². The first-order valence-corrected chi connectivity index (χ1v) is 9.62. The molecule has 1 N–H and O–H groups in total. The standard InChI is InChI=1S/C21H19ClF5NO2/c1-12(19-16(23)3-2-4-17(19)24)7-18(29)28-20(5-6-20)13-8-14(22)10-15(9-13)30-11-21(25,26)27/h2-4,8-10,12H,5-7,11H2,1H3,(H,28,29). The molecule has 0 heterocycles. The average molecular weight is 448 g/mol. The van der Waals surface area contributed by atoms with Crippen LogP contribution in [0.1, 0.15) is 43.2 Å². The Bertz CT molecular complexity index is 923. The number of amides is 1. The SMILES string of the molecule is CC(CC(=O)NC1(c2cc(Cl)cc(OCC(F)(F)F)c2)CC1)c1c(F)cccc1F. The van der Waals surface area contributed by atoms with Crippen molar-refractivity contribution in [3.8, 4) is 5.75 Å². The van der Waals surface area contributed by atoms with Gasteiger partial charge in [-0.25, -0.2) is 8.78 Å². The van der Waals surface area contributed by atoms with Crippen molar-refractivity contribution in [2.75, 3.05) is 6.61 Å². The lowest BCUT2D eigenvalue weighted by molar-refractivity contribution is -0.153. The van der Waals surface area contributed by atoms with Crippen molar-refractivity contribution >= 4 is 17.5 Å². The van der Waals surface area contributed by atoms with E-state index in [2.05, 4.69) is 5.32 Å². The molecule has 1 aliphatic rings. The van der Waals surface area contributed by atoms with Gasteiger partial charge in [-0.2, -0.15) is 13.2 Å². The number of carbonyl (C=O) groups excluding carboxylic acids is 1. The van der Waals surface area contributed by atoms with Crippen LogP contribution in [0, 0.1) is 11.6 Å². The second-order valence-corrected chi connectivity index (χ2v) is 7.89. The van der Waals surface area contributed by atoms with Crippen LogP contribution in [0.4, 0.5) is 22.0 Å². The predicted octanol–water partition coefficient (Wildman–Crippen LogP) is 5.86. The second-order valence-electron chi connectivity index (χ2n) is 7.45. The van der Waals surface area contributed by atoms with Crippen molar-refractivity contribution in [1.82, 2.24) is 5.32 Å². The van der Waals surface area contributed by atoms with Crippen LogP contribution in [0.5, 0.6) is 5.75 Å². The third-order valence-corrected chi connectivity index (χ3v) is 5.16. The Labute approximate surface area is 175 Å². The minimum absolute atomic E-state index is 0.0582. The fraction of sp³-hybridized carbons (Fsp3) is 0.381. The average Bonchev–Trinajstić information content (AvgIpc) is 3.39. The summed E-state index contributed by atoms with van der Waals surface area (Å²) >= 11 is 6.01. The molecular formula is C21H19ClF5NO2. The van der Waals surface area contributed by atoms with Crippen molar-refractivity contribution < 1.29 is 31.5 Å². The van der Waals surface area contributed by atoms with Gasteiger partial charge >= 0.3 is 6.18 Å². The van der Waals surface area contributed by atoms with Gasteiger partial charge in [0.2, 0.25) is 5.91 Å². The van der Waals surface area contributed by atoms with Gasteiger partial charge in [-0.05, 0) is 54.7 Å². The highest BCUT2D eigenvalue weighted by Gasteiger charge is 2.46. The molecule has 0 aliphatic heterocycles. The summed E-state index contributed by atoms with van der Waals surface area (Å²) in [6.45, 7) is 0.0843. The number of halogens is 6. The number of carbonyl (C=O) groups is 1. The van der Waals surface area contributed by atoms with Crippen LogP contribution < -0.4 is 10.1 Å². The minimum Gasteiger partial charge on any atom is -0.484 e. The second kappa shape index (κ2) is 8.41. The molecule has 3 rings (SSSR count). The van der Waals surface area contributed by atoms with Crippen LogP contribution in [0.25, 0.3) is 0 Å². The van der Waals surface area contributed by atoms with Crippen molar-refractivity contribution in [2.45, 2.75) is 43.8 Å². The fourth-order valence-corrected chi connectivity index (χ4v) is 3.60. The van der Waals surface area contributed by atoms with Gasteiger partial charge in [0.1, 0.15) is 17.4 Å². The summed E-state index contributed by atoms with van der Waals surface area (Å²) in [4.78, 5) is 12.5. The summed E-state index contributed by atoms with van der Waals surface area (Å²) in [6, 6.07) is 7.73. The van der Waals surface area contributed by atoms with E-state index >= 15 is 0 Å². The molecule has 9 heteroatoms. The third-order valence-electron chi connectivity index (χ3n) is 4.94. The Morgan fingerprint density at radius 1 is 1.20 bits per heavy atom. The van der Waals surface area contributed by atoms with Gasteiger partial charge in [-0.1, -0.05) is 24.6 Å². The number of hydrogen-bond donors (Lipinski definition) is 1. The summed E-state index contributed by atoms with van der Waals surface area (Å²) < 4.78 is 69.9. The fourth-order valence-electron chi connectivity index (χ4n) is 3.38. The first-order valence-electron chi connectivity index (χ1n) is 9.25. The molecule has 1 atom stereocenters. The number of benzene rings is 2. The minimum atomic E-state index is -4.49. The first-order chi connectivity index (χ1) is 14.0. The van der Waals surface area contributed by atoms with Crippen LogP contribution in [0.2, 0.25) is 5.02 Å². The first kappa shape index (κ1) is 22.3. The number of alkyl halides is 3. The molecule has 1 saturated carbocycles. The molecule has 2 aromatic carbocycles. The van der Waals surface area contributed by atoms with Gasteiger partial charge < -0.3 is 10.1 Å². The summed E-state index contributed by atoms with van der Waals surface area (Å²) in [7, 11) is 0. The normalized spacial score (nSPS) is 16.1. The Morgan fingerprint density at radius 2 is 1.83 bits per heavy atom. The quantitative estimate of drug-likeness (QED) is 0.540. The molecule has 0 bridgehead atoms. The molecule has 1 amide bonds. The van der Waals surface area contributed by atoms with Crippen LogP contribution >= 0.6 is 11.6 Å². The van der Waals surface area contributed by atoms with Crippen LogP contribution in [-0.2, 0) is 10.3 Å². The van der Waals surface area contributed by atoms with Gasteiger partial charge in [0.05, 0.1) is 5.54 Å². The largest absolute Gasteiger partial charge is 0.484 e. The topological polar surface area (TPSA) is 38.3 Å². The third kappa shape index (κ3) is 5.41. The van der Waals surface area contributed by atoms with Gasteiger partial charge in [-0.3, -0.25) is 4.79 Å². The monoisotopic (exact) mass is 447 g/mol. The number of nitrogens with one attached hydrogen (secondary N) is 1. The molecule has 0 spiro atoms. The molecule has 3 nitrogen and oxygen atoms in total. The molecule has 0 radical (unpaired) electrons. The summed E-state index contributed by atoms with van der Waals surface area (Å²) in [6.07, 6.45) is -3.54. The highest BCUT2D eigenvalue weighted by molar-refractivity contribution is 6.30. The lowest BCUT2D eigenvalue weighted by Gasteiger charge is -2.21. The van der Waals surface area contributed by atoms with E-state index in [1.165, 1.54) is 18.2 Å². The zero-order chi connectivity index (χ0) is 22.1. The van der Waals surface area contributed by atoms with Crippen LogP contribution in [0.15, 0.2) is 36.4 Å². The van der Waals surface area contributed by atoms with E-state index in [1.807, 2.05) is 0 Å². The van der Waals surface area contributed by atoms with Crippen molar-refractivity contribution in [1.29, 1.82) is 0 Å². The highest BCUT2D eigenvalue weighted by Crippen LogP contribution is 2.47. The van der Waals surface area contributed by atoms with Crippen molar-refractivity contribution in [3.05, 3.63) is 64.2 Å². The molecule has 30 heavy (non-hydrogen) atoms. The molecule has 1 aliphatic carbocycles. The van der Waals surface area contributed by atoms with Gasteiger partial charge in [0.25, 0.3) is 0 Å². The number of ether oxygens (including phenoxy) is 1. The smallest absolute Gasteiger partial charge is 0.422 e. The maximum Gasteiger partial charge on any atom is 0.422 e. The van der Waals surface area contributed by atoms with E-state index in [9.17, 15) is 26.7 Å². The maximum atomic E-state index is 13.9. The summed E-state index contributed by atoms with van der Waals surface area (Å²) in [5.74, 6) is -2.64. The van der Waals surface area contributed by atoms with Gasteiger partial charge in [0.15, 0.2) is 6.61 Å². The molecule has 162 valence electrons. The molecule has 1 unspecified atom stereocenters. The lowest BCUT2D eigenvalue weighted by atomic mass is 9.95. The number of rotatable bonds is 7. The molecule has 0 saturated heterocycles. The Hall–Kier alpha value is -2.35. The van der Waals surface area contributed by atoms with Crippen LogP contribution in [-0.4, -0.2) is 18.7 Å². The van der Waals surface area contributed by atoms with Gasteiger partial charge in [-0.15, -0.1) is 0 Å². The Morgan fingerprint density at radius 3 is 2.40 bits per heavy atom. The molecule has 1 fully saturated rings. The van der Waals surface area contributed by atoms with E-state index < -0.39 is 41.8 Å². The highest BCUT2D eigenvalue weighted by atomic mass is 35.5.